The van der Waals surface area contributed by atoms with E-state index in [9.17, 15) is 18.0 Å². The third-order valence-corrected chi connectivity index (χ3v) is 4.85. The van der Waals surface area contributed by atoms with E-state index in [0.29, 0.717) is 10.4 Å². The van der Waals surface area contributed by atoms with E-state index in [2.05, 4.69) is 20.5 Å². The normalized spacial score (nSPS) is 17.7. The topological polar surface area (TPSA) is 127 Å². The Balaban J connectivity index is 1.64. The fourth-order valence-electron chi connectivity index (χ4n) is 3.37. The highest BCUT2D eigenvalue weighted by Gasteiger charge is 2.35. The van der Waals surface area contributed by atoms with Crippen LogP contribution in [0, 0.1) is 17.1 Å². The molecule has 31 heavy (non-hydrogen) atoms. The lowest BCUT2D eigenvalue weighted by Gasteiger charge is -2.31. The molecular formula is C19H15F3N8O. The Labute approximate surface area is 173 Å². The van der Waals surface area contributed by atoms with Crippen LogP contribution in [0.5, 0.6) is 0 Å². The molecule has 1 amide bonds. The highest BCUT2D eigenvalue weighted by molar-refractivity contribution is 6.04. The number of anilines is 1. The minimum Gasteiger partial charge on any atom is -0.382 e. The SMILES string of the molecule is CC1(c2cc(NC(=O)c3cnn(C(F)F)c3)ccc2F)Cn2nc(C#N)cc2C(N)=N1. The van der Waals surface area contributed by atoms with Crippen LogP contribution in [0.25, 0.3) is 0 Å². The van der Waals surface area contributed by atoms with Gasteiger partial charge in [-0.2, -0.15) is 24.2 Å². The van der Waals surface area contributed by atoms with E-state index in [1.54, 1.807) is 6.92 Å². The number of hydrogen-bond donors (Lipinski definition) is 2. The lowest BCUT2D eigenvalue weighted by Crippen LogP contribution is -2.37. The van der Waals surface area contributed by atoms with Crippen LogP contribution in [-0.2, 0) is 12.1 Å². The second kappa shape index (κ2) is 7.28. The van der Waals surface area contributed by atoms with E-state index in [0.717, 1.165) is 18.5 Å². The van der Waals surface area contributed by atoms with Crippen molar-refractivity contribution in [2.75, 3.05) is 5.32 Å². The Morgan fingerprint density at radius 3 is 2.84 bits per heavy atom. The van der Waals surface area contributed by atoms with Crippen molar-refractivity contribution in [1.29, 1.82) is 5.26 Å². The number of alkyl halides is 2. The highest BCUT2D eigenvalue weighted by atomic mass is 19.3. The van der Waals surface area contributed by atoms with Crippen LogP contribution in [0.2, 0.25) is 0 Å². The zero-order valence-corrected chi connectivity index (χ0v) is 16.1. The second-order valence-corrected chi connectivity index (χ2v) is 7.09. The molecule has 3 heterocycles. The second-order valence-electron chi connectivity index (χ2n) is 7.09. The van der Waals surface area contributed by atoms with Gasteiger partial charge in [0.05, 0.1) is 18.3 Å². The molecule has 4 rings (SSSR count). The zero-order valence-electron chi connectivity index (χ0n) is 16.1. The van der Waals surface area contributed by atoms with E-state index in [1.165, 1.54) is 22.9 Å². The smallest absolute Gasteiger partial charge is 0.333 e. The van der Waals surface area contributed by atoms with Crippen LogP contribution in [-0.4, -0.2) is 31.3 Å². The molecule has 0 saturated heterocycles. The Kier molecular flexibility index (Phi) is 4.73. The summed E-state index contributed by atoms with van der Waals surface area (Å²) in [5, 5.41) is 19.1. The van der Waals surface area contributed by atoms with Gasteiger partial charge < -0.3 is 11.1 Å². The number of nitrogens with two attached hydrogens (primary N) is 1. The third-order valence-electron chi connectivity index (χ3n) is 4.85. The van der Waals surface area contributed by atoms with Crippen molar-refractivity contribution in [3.05, 3.63) is 65.0 Å². The third kappa shape index (κ3) is 3.61. The lowest BCUT2D eigenvalue weighted by atomic mass is 9.90. The average Bonchev–Trinajstić information content (AvgIpc) is 3.36. The largest absolute Gasteiger partial charge is 0.382 e. The molecule has 1 unspecified atom stereocenters. The fourth-order valence-corrected chi connectivity index (χ4v) is 3.37. The Morgan fingerprint density at radius 1 is 1.39 bits per heavy atom. The number of nitriles is 1. The summed E-state index contributed by atoms with van der Waals surface area (Å²) >= 11 is 0. The van der Waals surface area contributed by atoms with Gasteiger partial charge in [0.2, 0.25) is 0 Å². The van der Waals surface area contributed by atoms with Crippen molar-refractivity contribution >= 4 is 17.4 Å². The predicted molar refractivity (Wildman–Crippen MR) is 103 cm³/mol. The molecule has 158 valence electrons. The highest BCUT2D eigenvalue weighted by Crippen LogP contribution is 2.34. The number of benzene rings is 1. The first-order chi connectivity index (χ1) is 14.7. The first-order valence-corrected chi connectivity index (χ1v) is 8.97. The van der Waals surface area contributed by atoms with Gasteiger partial charge in [-0.05, 0) is 25.1 Å². The van der Waals surface area contributed by atoms with Crippen molar-refractivity contribution in [2.24, 2.45) is 10.7 Å². The molecule has 3 aromatic rings. The van der Waals surface area contributed by atoms with Gasteiger partial charge in [-0.15, -0.1) is 0 Å². The number of nitrogens with one attached hydrogen (secondary N) is 1. The van der Waals surface area contributed by atoms with Crippen molar-refractivity contribution in [2.45, 2.75) is 25.6 Å². The number of nitrogens with zero attached hydrogens (tertiary/aromatic N) is 6. The molecule has 9 nitrogen and oxygen atoms in total. The summed E-state index contributed by atoms with van der Waals surface area (Å²) in [6.45, 7) is -1.12. The molecule has 1 aromatic carbocycles. The summed E-state index contributed by atoms with van der Waals surface area (Å²) in [4.78, 5) is 16.8. The molecule has 0 bridgehead atoms. The Bertz CT molecular complexity index is 1260. The van der Waals surface area contributed by atoms with E-state index in [4.69, 9.17) is 11.0 Å². The summed E-state index contributed by atoms with van der Waals surface area (Å²) in [5.41, 5.74) is 5.74. The minimum absolute atomic E-state index is 0.0810. The molecular weight excluding hydrogens is 413 g/mol. The average molecular weight is 428 g/mol. The molecule has 0 aliphatic carbocycles. The first kappa shape index (κ1) is 20.1. The van der Waals surface area contributed by atoms with Crippen LogP contribution in [0.1, 0.15) is 40.8 Å². The van der Waals surface area contributed by atoms with Gasteiger partial charge in [0.15, 0.2) is 5.69 Å². The maximum absolute atomic E-state index is 14.7. The molecule has 2 aromatic heterocycles. The van der Waals surface area contributed by atoms with Crippen LogP contribution in [0.3, 0.4) is 0 Å². The van der Waals surface area contributed by atoms with Gasteiger partial charge in [-0.3, -0.25) is 14.5 Å². The molecule has 1 atom stereocenters. The van der Waals surface area contributed by atoms with Gasteiger partial charge in [0.25, 0.3) is 5.91 Å². The van der Waals surface area contributed by atoms with Crippen molar-refractivity contribution in [1.82, 2.24) is 19.6 Å². The number of aromatic nitrogens is 4. The van der Waals surface area contributed by atoms with Gasteiger partial charge in [0, 0.05) is 23.5 Å². The number of amidine groups is 1. The number of carbonyl (C=O) groups excluding carboxylic acids is 1. The minimum atomic E-state index is -2.87. The van der Waals surface area contributed by atoms with E-state index in [-0.39, 0.29) is 34.9 Å². The van der Waals surface area contributed by atoms with Crippen LogP contribution >= 0.6 is 0 Å². The summed E-state index contributed by atoms with van der Waals surface area (Å²) < 4.78 is 41.9. The maximum Gasteiger partial charge on any atom is 0.333 e. The molecule has 0 fully saturated rings. The monoisotopic (exact) mass is 428 g/mol. The molecule has 1 aliphatic heterocycles. The van der Waals surface area contributed by atoms with Gasteiger partial charge in [-0.1, -0.05) is 0 Å². The fraction of sp³-hybridized carbons (Fsp3) is 0.211. The number of aliphatic imine (C=N–C) groups is 1. The van der Waals surface area contributed by atoms with Crippen LogP contribution in [0.4, 0.5) is 18.9 Å². The standard InChI is InChI=1S/C19H15F3N8O/c1-19(9-30-15(16(24)27-19)5-12(6-23)28-30)13-4-11(2-3-14(13)20)26-17(31)10-7-25-29(8-10)18(21)22/h2-5,7-8,18H,9H2,1H3,(H2,24,27)(H,26,31). The summed E-state index contributed by atoms with van der Waals surface area (Å²) in [7, 11) is 0. The summed E-state index contributed by atoms with van der Waals surface area (Å²) in [6.07, 6.45) is 1.91. The van der Waals surface area contributed by atoms with Crippen LogP contribution in [0.15, 0.2) is 41.7 Å². The number of rotatable bonds is 4. The molecule has 1 aliphatic rings. The van der Waals surface area contributed by atoms with Crippen molar-refractivity contribution in [3.8, 4) is 6.07 Å². The van der Waals surface area contributed by atoms with Crippen LogP contribution < -0.4 is 11.1 Å². The predicted octanol–water partition coefficient (Wildman–Crippen LogP) is 2.37. The Hall–Kier alpha value is -4.14. The summed E-state index contributed by atoms with van der Waals surface area (Å²) in [6, 6.07) is 7.29. The number of halogens is 3. The molecule has 3 N–H and O–H groups in total. The number of fused-ring (bicyclic) bond motifs is 1. The maximum atomic E-state index is 14.7. The molecule has 0 saturated carbocycles. The van der Waals surface area contributed by atoms with E-state index in [1.807, 2.05) is 6.07 Å². The van der Waals surface area contributed by atoms with Gasteiger partial charge in [-0.25, -0.2) is 9.07 Å². The van der Waals surface area contributed by atoms with Crippen molar-refractivity contribution < 1.29 is 18.0 Å². The molecule has 12 heteroatoms. The number of amides is 1. The number of carbonyl (C=O) groups is 1. The summed E-state index contributed by atoms with van der Waals surface area (Å²) in [5.74, 6) is -1.18. The van der Waals surface area contributed by atoms with Gasteiger partial charge in [0.1, 0.15) is 29.0 Å². The zero-order chi connectivity index (χ0) is 22.3. The number of hydrogen-bond acceptors (Lipinski definition) is 6. The van der Waals surface area contributed by atoms with Crippen molar-refractivity contribution in [3.63, 3.8) is 0 Å². The Morgan fingerprint density at radius 2 is 2.16 bits per heavy atom. The first-order valence-electron chi connectivity index (χ1n) is 8.97. The van der Waals surface area contributed by atoms with E-state index < -0.39 is 23.8 Å². The van der Waals surface area contributed by atoms with E-state index >= 15 is 0 Å². The quantitative estimate of drug-likeness (QED) is 0.660. The molecule has 0 radical (unpaired) electrons. The lowest BCUT2D eigenvalue weighted by molar-refractivity contribution is 0.0565. The molecule has 0 spiro atoms. The van der Waals surface area contributed by atoms with Gasteiger partial charge >= 0.3 is 6.55 Å².